The van der Waals surface area contributed by atoms with Gasteiger partial charge in [-0.3, -0.25) is 4.79 Å². The van der Waals surface area contributed by atoms with Crippen molar-refractivity contribution in [1.29, 1.82) is 0 Å². The third-order valence-electron chi connectivity index (χ3n) is 5.08. The molecule has 1 N–H and O–H groups in total. The summed E-state index contributed by atoms with van der Waals surface area (Å²) >= 11 is 1.62. The van der Waals surface area contributed by atoms with Crippen LogP contribution in [0.1, 0.15) is 21.9 Å². The molecule has 0 aliphatic carbocycles. The summed E-state index contributed by atoms with van der Waals surface area (Å²) in [5.74, 6) is -1.62. The minimum Gasteiger partial charge on any atom is -0.483 e. The first-order valence-electron chi connectivity index (χ1n) is 10.4. The maximum Gasteiger partial charge on any atom is 0.291 e. The molecule has 2 heterocycles. The van der Waals surface area contributed by atoms with E-state index in [1.807, 2.05) is 24.3 Å². The Hall–Kier alpha value is -4.04. The van der Waals surface area contributed by atoms with Crippen LogP contribution in [0.5, 0.6) is 5.75 Å². The molecule has 2 aromatic heterocycles. The Labute approximate surface area is 197 Å². The van der Waals surface area contributed by atoms with Gasteiger partial charge in [0.15, 0.2) is 17.3 Å². The maximum atomic E-state index is 13.7. The van der Waals surface area contributed by atoms with E-state index < -0.39 is 17.5 Å². The topological polar surface area (TPSA) is 64.4 Å². The molecule has 5 aromatic rings. The van der Waals surface area contributed by atoms with Crippen LogP contribution >= 0.6 is 11.3 Å². The third kappa shape index (κ3) is 4.67. The highest BCUT2D eigenvalue weighted by Gasteiger charge is 2.14. The van der Waals surface area contributed by atoms with Crippen LogP contribution in [-0.2, 0) is 6.61 Å². The predicted molar refractivity (Wildman–Crippen MR) is 127 cm³/mol. The number of furan rings is 1. The van der Waals surface area contributed by atoms with Gasteiger partial charge in [0.2, 0.25) is 0 Å². The minimum absolute atomic E-state index is 0.0868. The summed E-state index contributed by atoms with van der Waals surface area (Å²) < 4.78 is 38.6. The van der Waals surface area contributed by atoms with E-state index in [1.54, 1.807) is 29.5 Å². The van der Waals surface area contributed by atoms with Gasteiger partial charge in [0.25, 0.3) is 5.91 Å². The SMILES string of the molecule is Cc1ccc2nc(-c3ccc(NC(=O)c4ccc(COc5ccc(F)cc5F)o4)cc3)sc2c1. The molecule has 3 aromatic carbocycles. The Morgan fingerprint density at radius 3 is 2.65 bits per heavy atom. The average molecular weight is 477 g/mol. The smallest absolute Gasteiger partial charge is 0.291 e. The van der Waals surface area contributed by atoms with Gasteiger partial charge in [-0.05, 0) is 73.2 Å². The molecule has 0 saturated heterocycles. The van der Waals surface area contributed by atoms with Crippen molar-refractivity contribution in [2.75, 3.05) is 5.32 Å². The van der Waals surface area contributed by atoms with E-state index in [4.69, 9.17) is 9.15 Å². The third-order valence-corrected chi connectivity index (χ3v) is 6.15. The molecule has 0 aliphatic heterocycles. The first kappa shape index (κ1) is 21.8. The molecule has 1 amide bonds. The second-order valence-corrected chi connectivity index (χ2v) is 8.68. The Morgan fingerprint density at radius 2 is 1.85 bits per heavy atom. The summed E-state index contributed by atoms with van der Waals surface area (Å²) in [6.45, 7) is 1.95. The van der Waals surface area contributed by atoms with Gasteiger partial charge >= 0.3 is 0 Å². The van der Waals surface area contributed by atoms with Crippen molar-refractivity contribution in [3.05, 3.63) is 102 Å². The van der Waals surface area contributed by atoms with Crippen molar-refractivity contribution in [3.8, 4) is 16.3 Å². The fourth-order valence-electron chi connectivity index (χ4n) is 3.36. The van der Waals surface area contributed by atoms with Gasteiger partial charge in [-0.15, -0.1) is 11.3 Å². The second-order valence-electron chi connectivity index (χ2n) is 7.65. The van der Waals surface area contributed by atoms with Crippen molar-refractivity contribution in [1.82, 2.24) is 4.98 Å². The number of aryl methyl sites for hydroxylation is 1. The number of amides is 1. The highest BCUT2D eigenvalue weighted by molar-refractivity contribution is 7.21. The molecule has 5 rings (SSSR count). The molecule has 0 radical (unpaired) electrons. The standard InChI is InChI=1S/C26H18F2N2O3S/c1-15-2-9-21-24(12-15)34-26(30-21)16-3-6-18(7-4-16)29-25(31)23-11-8-19(33-23)14-32-22-10-5-17(27)13-20(22)28/h2-13H,14H2,1H3,(H,29,31). The molecule has 0 spiro atoms. The van der Waals surface area contributed by atoms with Crippen LogP contribution in [-0.4, -0.2) is 10.9 Å². The molecule has 34 heavy (non-hydrogen) atoms. The molecule has 5 nitrogen and oxygen atoms in total. The summed E-state index contributed by atoms with van der Waals surface area (Å²) in [5, 5.41) is 3.69. The number of nitrogens with zero attached hydrogens (tertiary/aromatic N) is 1. The van der Waals surface area contributed by atoms with Gasteiger partial charge < -0.3 is 14.5 Å². The number of halogens is 2. The maximum absolute atomic E-state index is 13.7. The number of aromatic nitrogens is 1. The zero-order valence-corrected chi connectivity index (χ0v) is 18.8. The number of carbonyl (C=O) groups excluding carboxylic acids is 1. The van der Waals surface area contributed by atoms with Gasteiger partial charge in [-0.25, -0.2) is 13.8 Å². The van der Waals surface area contributed by atoms with Gasteiger partial charge in [-0.1, -0.05) is 6.07 Å². The molecule has 0 fully saturated rings. The van der Waals surface area contributed by atoms with E-state index in [9.17, 15) is 13.6 Å². The number of thiazole rings is 1. The lowest BCUT2D eigenvalue weighted by atomic mass is 10.2. The van der Waals surface area contributed by atoms with E-state index in [0.29, 0.717) is 11.4 Å². The molecular formula is C26H18F2N2O3S. The molecule has 0 aliphatic rings. The lowest BCUT2D eigenvalue weighted by Gasteiger charge is -2.06. The van der Waals surface area contributed by atoms with E-state index >= 15 is 0 Å². The van der Waals surface area contributed by atoms with E-state index in [0.717, 1.165) is 32.9 Å². The lowest BCUT2D eigenvalue weighted by Crippen LogP contribution is -2.10. The second kappa shape index (κ2) is 9.07. The summed E-state index contributed by atoms with van der Waals surface area (Å²) in [4.78, 5) is 17.2. The Balaban J connectivity index is 1.22. The quantitative estimate of drug-likeness (QED) is 0.287. The van der Waals surface area contributed by atoms with Crippen molar-refractivity contribution in [2.24, 2.45) is 0 Å². The number of fused-ring (bicyclic) bond motifs is 1. The Kier molecular flexibility index (Phi) is 5.81. The molecule has 0 bridgehead atoms. The molecule has 8 heteroatoms. The highest BCUT2D eigenvalue weighted by Crippen LogP contribution is 2.31. The zero-order chi connectivity index (χ0) is 23.7. The van der Waals surface area contributed by atoms with Crippen LogP contribution in [0, 0.1) is 18.6 Å². The first-order chi connectivity index (χ1) is 16.4. The number of benzene rings is 3. The lowest BCUT2D eigenvalue weighted by molar-refractivity contribution is 0.0992. The normalized spacial score (nSPS) is 11.0. The summed E-state index contributed by atoms with van der Waals surface area (Å²) in [6.07, 6.45) is 0. The zero-order valence-electron chi connectivity index (χ0n) is 18.0. The van der Waals surface area contributed by atoms with Crippen LogP contribution < -0.4 is 10.1 Å². The fraction of sp³-hybridized carbons (Fsp3) is 0.0769. The first-order valence-corrected chi connectivity index (χ1v) is 11.2. The molecule has 170 valence electrons. The summed E-state index contributed by atoms with van der Waals surface area (Å²) in [7, 11) is 0. The van der Waals surface area contributed by atoms with Crippen LogP contribution in [0.15, 0.2) is 77.2 Å². The van der Waals surface area contributed by atoms with E-state index in [1.165, 1.54) is 17.7 Å². The van der Waals surface area contributed by atoms with Crippen molar-refractivity contribution in [3.63, 3.8) is 0 Å². The number of ether oxygens (including phenoxy) is 1. The number of hydrogen-bond donors (Lipinski definition) is 1. The number of nitrogens with one attached hydrogen (secondary N) is 1. The van der Waals surface area contributed by atoms with Crippen molar-refractivity contribution in [2.45, 2.75) is 13.5 Å². The Bertz CT molecular complexity index is 1490. The fourth-order valence-corrected chi connectivity index (χ4v) is 4.43. The van der Waals surface area contributed by atoms with Crippen molar-refractivity contribution < 1.29 is 22.7 Å². The van der Waals surface area contributed by atoms with Gasteiger partial charge in [0, 0.05) is 17.3 Å². The van der Waals surface area contributed by atoms with Crippen LogP contribution in [0.3, 0.4) is 0 Å². The molecule has 0 atom stereocenters. The number of rotatable bonds is 6. The minimum atomic E-state index is -0.811. The van der Waals surface area contributed by atoms with Gasteiger partial charge in [0.05, 0.1) is 10.2 Å². The predicted octanol–water partition coefficient (Wildman–Crippen LogP) is 6.97. The monoisotopic (exact) mass is 476 g/mol. The molecule has 0 saturated carbocycles. The highest BCUT2D eigenvalue weighted by atomic mass is 32.1. The largest absolute Gasteiger partial charge is 0.483 e. The van der Waals surface area contributed by atoms with Crippen LogP contribution in [0.25, 0.3) is 20.8 Å². The van der Waals surface area contributed by atoms with Crippen LogP contribution in [0.2, 0.25) is 0 Å². The van der Waals surface area contributed by atoms with Gasteiger partial charge in [-0.2, -0.15) is 0 Å². The van der Waals surface area contributed by atoms with Crippen molar-refractivity contribution >= 4 is 33.1 Å². The molecular weight excluding hydrogens is 458 g/mol. The van der Waals surface area contributed by atoms with Gasteiger partial charge in [0.1, 0.15) is 23.2 Å². The van der Waals surface area contributed by atoms with E-state index in [-0.39, 0.29) is 18.1 Å². The number of carbonyl (C=O) groups is 1. The molecule has 0 unspecified atom stereocenters. The number of anilines is 1. The Morgan fingerprint density at radius 1 is 1.03 bits per heavy atom. The number of hydrogen-bond acceptors (Lipinski definition) is 5. The average Bonchev–Trinajstić information content (AvgIpc) is 3.46. The summed E-state index contributed by atoms with van der Waals surface area (Å²) in [6, 6.07) is 19.7. The van der Waals surface area contributed by atoms with Crippen LogP contribution in [0.4, 0.5) is 14.5 Å². The van der Waals surface area contributed by atoms with E-state index in [2.05, 4.69) is 23.3 Å². The summed E-state index contributed by atoms with van der Waals surface area (Å²) in [5.41, 5.74) is 3.72.